The number of piperazine rings is 1. The van der Waals surface area contributed by atoms with E-state index in [0.717, 1.165) is 37.6 Å². The van der Waals surface area contributed by atoms with E-state index in [1.165, 1.54) is 12.3 Å². The molecule has 0 saturated carbocycles. The van der Waals surface area contributed by atoms with E-state index in [9.17, 15) is 9.18 Å². The average molecular weight is 314 g/mol. The third-order valence-corrected chi connectivity index (χ3v) is 3.87. The quantitative estimate of drug-likeness (QED) is 0.877. The smallest absolute Gasteiger partial charge is 0.238 e. The van der Waals surface area contributed by atoms with Gasteiger partial charge in [0, 0.05) is 49.8 Å². The summed E-state index contributed by atoms with van der Waals surface area (Å²) in [6.45, 7) is 3.44. The first-order chi connectivity index (χ1) is 11.2. The minimum absolute atomic E-state index is 0.0143. The molecule has 0 aliphatic carbocycles. The number of amides is 1. The van der Waals surface area contributed by atoms with Gasteiger partial charge in [-0.3, -0.25) is 9.69 Å². The Balaban J connectivity index is 1.48. The van der Waals surface area contributed by atoms with Gasteiger partial charge in [-0.05, 0) is 18.2 Å². The SMILES string of the molecule is O=C(CN1CCN(c2ccnc(F)c2)CC1)Nc1ccccc1. The van der Waals surface area contributed by atoms with E-state index in [0.29, 0.717) is 6.54 Å². The fourth-order valence-corrected chi connectivity index (χ4v) is 2.68. The van der Waals surface area contributed by atoms with Gasteiger partial charge in [-0.25, -0.2) is 4.98 Å². The highest BCUT2D eigenvalue weighted by molar-refractivity contribution is 5.92. The third kappa shape index (κ3) is 4.26. The molecule has 1 aliphatic rings. The monoisotopic (exact) mass is 314 g/mol. The molecule has 0 radical (unpaired) electrons. The number of carbonyl (C=O) groups is 1. The Kier molecular flexibility index (Phi) is 4.83. The molecule has 0 atom stereocenters. The largest absolute Gasteiger partial charge is 0.369 e. The maximum Gasteiger partial charge on any atom is 0.238 e. The summed E-state index contributed by atoms with van der Waals surface area (Å²) in [5, 5.41) is 2.89. The standard InChI is InChI=1S/C17H19FN4O/c18-16-12-15(6-7-19-16)22-10-8-21(9-11-22)13-17(23)20-14-4-2-1-3-5-14/h1-7,12H,8-11,13H2,(H,20,23). The van der Waals surface area contributed by atoms with E-state index in [4.69, 9.17) is 0 Å². The highest BCUT2D eigenvalue weighted by Gasteiger charge is 2.19. The van der Waals surface area contributed by atoms with Crippen LogP contribution in [-0.2, 0) is 4.79 Å². The molecule has 0 spiro atoms. The summed E-state index contributed by atoms with van der Waals surface area (Å²) in [5.74, 6) is -0.480. The second kappa shape index (κ2) is 7.19. The molecule has 1 aromatic carbocycles. The number of hydrogen-bond donors (Lipinski definition) is 1. The molecule has 2 aromatic rings. The average Bonchev–Trinajstić information content (AvgIpc) is 2.56. The highest BCUT2D eigenvalue weighted by Crippen LogP contribution is 2.16. The number of nitrogens with zero attached hydrogens (tertiary/aromatic N) is 3. The minimum atomic E-state index is -0.466. The van der Waals surface area contributed by atoms with Crippen molar-refractivity contribution in [1.82, 2.24) is 9.88 Å². The van der Waals surface area contributed by atoms with E-state index in [1.54, 1.807) is 6.07 Å². The Labute approximate surface area is 134 Å². The van der Waals surface area contributed by atoms with Crippen LogP contribution in [0.4, 0.5) is 15.8 Å². The van der Waals surface area contributed by atoms with Crippen LogP contribution in [0.3, 0.4) is 0 Å². The van der Waals surface area contributed by atoms with Crippen molar-refractivity contribution < 1.29 is 9.18 Å². The molecule has 120 valence electrons. The molecule has 6 heteroatoms. The lowest BCUT2D eigenvalue weighted by molar-refractivity contribution is -0.117. The Morgan fingerprint density at radius 3 is 2.57 bits per heavy atom. The zero-order chi connectivity index (χ0) is 16.1. The van der Waals surface area contributed by atoms with Gasteiger partial charge in [-0.1, -0.05) is 18.2 Å². The van der Waals surface area contributed by atoms with E-state index in [2.05, 4.69) is 20.1 Å². The van der Waals surface area contributed by atoms with Gasteiger partial charge in [0.05, 0.1) is 6.54 Å². The molecule has 2 heterocycles. The zero-order valence-electron chi connectivity index (χ0n) is 12.8. The van der Waals surface area contributed by atoms with Crippen LogP contribution in [0.2, 0.25) is 0 Å². The van der Waals surface area contributed by atoms with Crippen LogP contribution in [0, 0.1) is 5.95 Å². The maximum absolute atomic E-state index is 13.2. The summed E-state index contributed by atoms with van der Waals surface area (Å²) in [6.07, 6.45) is 1.48. The van der Waals surface area contributed by atoms with Gasteiger partial charge < -0.3 is 10.2 Å². The lowest BCUT2D eigenvalue weighted by Gasteiger charge is -2.35. The van der Waals surface area contributed by atoms with Crippen LogP contribution in [0.15, 0.2) is 48.7 Å². The second-order valence-corrected chi connectivity index (χ2v) is 5.51. The molecule has 3 rings (SSSR count). The van der Waals surface area contributed by atoms with Gasteiger partial charge in [-0.15, -0.1) is 0 Å². The predicted molar refractivity (Wildman–Crippen MR) is 87.9 cm³/mol. The highest BCUT2D eigenvalue weighted by atomic mass is 19.1. The lowest BCUT2D eigenvalue weighted by Crippen LogP contribution is -2.48. The first-order valence-corrected chi connectivity index (χ1v) is 7.64. The first-order valence-electron chi connectivity index (χ1n) is 7.64. The zero-order valence-corrected chi connectivity index (χ0v) is 12.8. The normalized spacial score (nSPS) is 15.4. The molecule has 1 saturated heterocycles. The Morgan fingerprint density at radius 1 is 1.13 bits per heavy atom. The van der Waals surface area contributed by atoms with E-state index in [-0.39, 0.29) is 5.91 Å². The number of para-hydroxylation sites is 1. The van der Waals surface area contributed by atoms with Crippen LogP contribution in [-0.4, -0.2) is 48.5 Å². The van der Waals surface area contributed by atoms with Crippen LogP contribution in [0.5, 0.6) is 0 Å². The molecule has 1 amide bonds. The first kappa shape index (κ1) is 15.4. The minimum Gasteiger partial charge on any atom is -0.369 e. The molecular weight excluding hydrogens is 295 g/mol. The van der Waals surface area contributed by atoms with Gasteiger partial charge in [0.2, 0.25) is 11.9 Å². The number of aromatic nitrogens is 1. The molecular formula is C17H19FN4O. The van der Waals surface area contributed by atoms with Crippen LogP contribution < -0.4 is 10.2 Å². The summed E-state index contributed by atoms with van der Waals surface area (Å²) in [4.78, 5) is 19.8. The number of benzene rings is 1. The maximum atomic E-state index is 13.2. The van der Waals surface area contributed by atoms with Crippen molar-refractivity contribution in [3.8, 4) is 0 Å². The van der Waals surface area contributed by atoms with Gasteiger partial charge >= 0.3 is 0 Å². The van der Waals surface area contributed by atoms with E-state index >= 15 is 0 Å². The predicted octanol–water partition coefficient (Wildman–Crippen LogP) is 1.98. The summed E-state index contributed by atoms with van der Waals surface area (Å²) >= 11 is 0. The van der Waals surface area contributed by atoms with Crippen LogP contribution in [0.25, 0.3) is 0 Å². The summed E-state index contributed by atoms with van der Waals surface area (Å²) < 4.78 is 13.2. The van der Waals surface area contributed by atoms with Gasteiger partial charge in [0.25, 0.3) is 0 Å². The number of hydrogen-bond acceptors (Lipinski definition) is 4. The summed E-state index contributed by atoms with van der Waals surface area (Å²) in [5.41, 5.74) is 1.65. The molecule has 23 heavy (non-hydrogen) atoms. The van der Waals surface area contributed by atoms with E-state index < -0.39 is 5.95 Å². The molecule has 1 fully saturated rings. The Hall–Kier alpha value is -2.47. The van der Waals surface area contributed by atoms with Gasteiger partial charge in [0.1, 0.15) is 0 Å². The number of pyridine rings is 1. The Morgan fingerprint density at radius 2 is 1.87 bits per heavy atom. The summed E-state index contributed by atoms with van der Waals surface area (Å²) in [6, 6.07) is 12.7. The van der Waals surface area contributed by atoms with Crippen molar-refractivity contribution in [3.05, 3.63) is 54.6 Å². The lowest BCUT2D eigenvalue weighted by atomic mass is 10.2. The molecule has 1 aliphatic heterocycles. The van der Waals surface area contributed by atoms with Crippen molar-refractivity contribution in [1.29, 1.82) is 0 Å². The third-order valence-electron chi connectivity index (χ3n) is 3.87. The molecule has 0 bridgehead atoms. The molecule has 0 unspecified atom stereocenters. The molecule has 1 N–H and O–H groups in total. The number of anilines is 2. The van der Waals surface area contributed by atoms with Crippen molar-refractivity contribution >= 4 is 17.3 Å². The second-order valence-electron chi connectivity index (χ2n) is 5.51. The number of rotatable bonds is 4. The van der Waals surface area contributed by atoms with E-state index in [1.807, 2.05) is 30.3 Å². The topological polar surface area (TPSA) is 48.5 Å². The number of nitrogens with one attached hydrogen (secondary N) is 1. The van der Waals surface area contributed by atoms with Crippen LogP contribution >= 0.6 is 0 Å². The molecule has 5 nitrogen and oxygen atoms in total. The summed E-state index contributed by atoms with van der Waals surface area (Å²) in [7, 11) is 0. The van der Waals surface area contributed by atoms with Crippen molar-refractivity contribution in [2.24, 2.45) is 0 Å². The van der Waals surface area contributed by atoms with Gasteiger partial charge in [-0.2, -0.15) is 4.39 Å². The van der Waals surface area contributed by atoms with Crippen LogP contribution in [0.1, 0.15) is 0 Å². The fraction of sp³-hybridized carbons (Fsp3) is 0.294. The Bertz CT molecular complexity index is 657. The van der Waals surface area contributed by atoms with Crippen molar-refractivity contribution in [2.75, 3.05) is 42.9 Å². The van der Waals surface area contributed by atoms with Crippen molar-refractivity contribution in [2.45, 2.75) is 0 Å². The van der Waals surface area contributed by atoms with Crippen molar-refractivity contribution in [3.63, 3.8) is 0 Å². The fourth-order valence-electron chi connectivity index (χ4n) is 2.68. The number of halogens is 1. The van der Waals surface area contributed by atoms with Gasteiger partial charge in [0.15, 0.2) is 0 Å². The molecule has 1 aromatic heterocycles. The number of carbonyl (C=O) groups excluding carboxylic acids is 1.